The second-order valence-corrected chi connectivity index (χ2v) is 11.9. The number of piperidine rings is 1. The first-order chi connectivity index (χ1) is 18.9. The molecular formula is C32H37NO5S. The normalized spacial score (nSPS) is 17.0. The second-order valence-electron chi connectivity index (χ2n) is 10.3. The molecule has 0 amide bonds. The number of hydrogen-bond donors (Lipinski definition) is 0. The van der Waals surface area contributed by atoms with Gasteiger partial charge in [0.05, 0.1) is 13.4 Å². The van der Waals surface area contributed by atoms with Gasteiger partial charge in [-0.1, -0.05) is 55.0 Å². The Kier molecular flexibility index (Phi) is 8.70. The first kappa shape index (κ1) is 27.4. The Balaban J connectivity index is 1.50. The molecule has 0 saturated carbocycles. The number of benzene rings is 3. The first-order valence-corrected chi connectivity index (χ1v) is 15.5. The predicted molar refractivity (Wildman–Crippen MR) is 155 cm³/mol. The van der Waals surface area contributed by atoms with Crippen LogP contribution in [0.1, 0.15) is 54.0 Å². The molecule has 1 fully saturated rings. The minimum Gasteiger partial charge on any atom is -0.497 e. The van der Waals surface area contributed by atoms with Gasteiger partial charge in [0.1, 0.15) is 24.2 Å². The quantitative estimate of drug-likeness (QED) is 0.284. The third-order valence-electron chi connectivity index (χ3n) is 7.54. The molecule has 0 bridgehead atoms. The van der Waals surface area contributed by atoms with Gasteiger partial charge in [0.15, 0.2) is 0 Å². The molecule has 6 nitrogen and oxygen atoms in total. The topological polar surface area (TPSA) is 65.1 Å². The van der Waals surface area contributed by atoms with Gasteiger partial charge in [-0.2, -0.15) is 8.42 Å². The summed E-state index contributed by atoms with van der Waals surface area (Å²) in [6.07, 6.45) is 5.77. The minimum atomic E-state index is -3.77. The molecule has 1 heterocycles. The molecular weight excluding hydrogens is 510 g/mol. The van der Waals surface area contributed by atoms with Crippen LogP contribution in [-0.2, 0) is 20.7 Å². The smallest absolute Gasteiger partial charge is 0.265 e. The van der Waals surface area contributed by atoms with E-state index in [-0.39, 0.29) is 0 Å². The fourth-order valence-corrected chi connectivity index (χ4v) is 6.18. The summed E-state index contributed by atoms with van der Waals surface area (Å²) in [6.45, 7) is 3.81. The highest BCUT2D eigenvalue weighted by atomic mass is 32.2. The summed E-state index contributed by atoms with van der Waals surface area (Å²) in [5, 5.41) is 0. The van der Waals surface area contributed by atoms with Crippen LogP contribution in [0.15, 0.2) is 72.8 Å². The molecule has 1 saturated heterocycles. The first-order valence-electron chi connectivity index (χ1n) is 13.7. The Morgan fingerprint density at radius 3 is 2.38 bits per heavy atom. The Bertz CT molecular complexity index is 1410. The number of ether oxygens (including phenoxy) is 2. The second kappa shape index (κ2) is 12.4. The molecule has 2 aliphatic rings. The molecule has 3 aromatic carbocycles. The Morgan fingerprint density at radius 2 is 1.64 bits per heavy atom. The van der Waals surface area contributed by atoms with Gasteiger partial charge >= 0.3 is 0 Å². The fourth-order valence-electron chi connectivity index (χ4n) is 5.63. The van der Waals surface area contributed by atoms with E-state index in [0.717, 1.165) is 78.1 Å². The van der Waals surface area contributed by atoms with E-state index in [1.165, 1.54) is 24.8 Å². The van der Waals surface area contributed by atoms with Crippen molar-refractivity contribution in [1.29, 1.82) is 0 Å². The Morgan fingerprint density at radius 1 is 0.872 bits per heavy atom. The molecule has 1 aliphatic carbocycles. The largest absolute Gasteiger partial charge is 0.497 e. The maximum atomic E-state index is 12.6. The lowest BCUT2D eigenvalue weighted by Crippen LogP contribution is -2.33. The van der Waals surface area contributed by atoms with Crippen LogP contribution in [0, 0.1) is 0 Å². The Labute approximate surface area is 232 Å². The average Bonchev–Trinajstić information content (AvgIpc) is 2.96. The lowest BCUT2D eigenvalue weighted by molar-refractivity contribution is 0.183. The molecule has 3 aromatic rings. The van der Waals surface area contributed by atoms with Crippen LogP contribution in [0.5, 0.6) is 11.5 Å². The monoisotopic (exact) mass is 547 g/mol. The number of hydrogen-bond acceptors (Lipinski definition) is 6. The van der Waals surface area contributed by atoms with Crippen LogP contribution in [0.25, 0.3) is 11.1 Å². The van der Waals surface area contributed by atoms with Crippen LogP contribution < -0.4 is 9.47 Å². The van der Waals surface area contributed by atoms with E-state index in [1.54, 1.807) is 7.11 Å². The highest BCUT2D eigenvalue weighted by Gasteiger charge is 2.31. The zero-order valence-electron chi connectivity index (χ0n) is 22.8. The van der Waals surface area contributed by atoms with Crippen molar-refractivity contribution in [3.63, 3.8) is 0 Å². The molecule has 0 spiro atoms. The molecule has 0 N–H and O–H groups in total. The van der Waals surface area contributed by atoms with Gasteiger partial charge in [-0.05, 0) is 96.4 Å². The predicted octanol–water partition coefficient (Wildman–Crippen LogP) is 6.13. The van der Waals surface area contributed by atoms with Gasteiger partial charge in [0.2, 0.25) is 0 Å². The van der Waals surface area contributed by atoms with Crippen molar-refractivity contribution >= 4 is 21.3 Å². The number of methoxy groups -OCH3 is 1. The zero-order valence-corrected chi connectivity index (χ0v) is 23.6. The van der Waals surface area contributed by atoms with Crippen LogP contribution in [0.3, 0.4) is 0 Å². The van der Waals surface area contributed by atoms with Crippen LogP contribution in [0.2, 0.25) is 0 Å². The summed E-state index contributed by atoms with van der Waals surface area (Å²) < 4.78 is 42.5. The van der Waals surface area contributed by atoms with Crippen molar-refractivity contribution in [1.82, 2.24) is 4.90 Å². The van der Waals surface area contributed by atoms with E-state index in [9.17, 15) is 8.42 Å². The summed E-state index contributed by atoms with van der Waals surface area (Å²) >= 11 is 0. The average molecular weight is 548 g/mol. The van der Waals surface area contributed by atoms with Gasteiger partial charge < -0.3 is 9.47 Å². The van der Waals surface area contributed by atoms with Crippen molar-refractivity contribution in [2.45, 2.75) is 38.2 Å². The van der Waals surface area contributed by atoms with Crippen LogP contribution in [0.4, 0.5) is 0 Å². The summed E-state index contributed by atoms with van der Waals surface area (Å²) in [5.41, 5.74) is 5.88. The lowest BCUT2D eigenvalue weighted by Gasteiger charge is -2.30. The molecule has 206 valence electrons. The van der Waals surface area contributed by atoms with Gasteiger partial charge in [-0.3, -0.25) is 9.08 Å². The molecule has 39 heavy (non-hydrogen) atoms. The van der Waals surface area contributed by atoms with Gasteiger partial charge in [0.25, 0.3) is 10.1 Å². The Hall–Kier alpha value is -3.13. The van der Waals surface area contributed by atoms with Crippen molar-refractivity contribution in [2.24, 2.45) is 0 Å². The maximum Gasteiger partial charge on any atom is 0.265 e. The molecule has 1 atom stereocenters. The summed E-state index contributed by atoms with van der Waals surface area (Å²) in [7, 11) is -2.13. The van der Waals surface area contributed by atoms with Gasteiger partial charge in [-0.25, -0.2) is 0 Å². The third kappa shape index (κ3) is 6.90. The standard InChI is InChI=1S/C32H37NO5S/c1-36-28-11-8-10-26(23-28)30-18-15-24-9-4-5-12-29(24)31(30)32(38-39(2,34)35)25-13-16-27(17-14-25)37-22-21-33-19-6-3-7-20-33/h4-5,8-14,16-17,23,32H,3,6-7,15,18-22H2,1-2H3. The van der Waals surface area contributed by atoms with E-state index in [2.05, 4.69) is 17.0 Å². The number of rotatable bonds is 10. The van der Waals surface area contributed by atoms with Crippen molar-refractivity contribution in [3.8, 4) is 11.5 Å². The number of nitrogens with zero attached hydrogens (tertiary/aromatic N) is 1. The molecule has 0 aromatic heterocycles. The highest BCUT2D eigenvalue weighted by Crippen LogP contribution is 2.46. The van der Waals surface area contributed by atoms with Gasteiger partial charge in [0, 0.05) is 6.54 Å². The van der Waals surface area contributed by atoms with Crippen molar-refractivity contribution < 1.29 is 22.1 Å². The molecule has 7 heteroatoms. The van der Waals surface area contributed by atoms with E-state index in [4.69, 9.17) is 13.7 Å². The van der Waals surface area contributed by atoms with E-state index >= 15 is 0 Å². The van der Waals surface area contributed by atoms with E-state index < -0.39 is 16.2 Å². The zero-order chi connectivity index (χ0) is 27.2. The molecule has 5 rings (SSSR count). The summed E-state index contributed by atoms with van der Waals surface area (Å²) in [4.78, 5) is 2.45. The highest BCUT2D eigenvalue weighted by molar-refractivity contribution is 7.86. The maximum absolute atomic E-state index is 12.6. The molecule has 0 radical (unpaired) electrons. The van der Waals surface area contributed by atoms with Crippen LogP contribution in [-0.4, -0.2) is 52.9 Å². The lowest BCUT2D eigenvalue weighted by atomic mass is 9.79. The SMILES string of the molecule is COc1cccc(C2=C(C(OS(C)(=O)=O)c3ccc(OCCN4CCCCC4)cc3)c3ccccc3CC2)c1. The number of fused-ring (bicyclic) bond motifs is 1. The van der Waals surface area contributed by atoms with Gasteiger partial charge in [-0.15, -0.1) is 0 Å². The minimum absolute atomic E-state index is 0.626. The number of aryl methyl sites for hydroxylation is 1. The molecule has 1 aliphatic heterocycles. The van der Waals surface area contributed by atoms with Crippen molar-refractivity contribution in [3.05, 3.63) is 95.1 Å². The fraction of sp³-hybridized carbons (Fsp3) is 0.375. The van der Waals surface area contributed by atoms with Crippen molar-refractivity contribution in [2.75, 3.05) is 39.6 Å². The number of allylic oxidation sites excluding steroid dienone is 1. The number of likely N-dealkylation sites (tertiary alicyclic amines) is 1. The molecule has 1 unspecified atom stereocenters. The summed E-state index contributed by atoms with van der Waals surface area (Å²) in [5.74, 6) is 1.52. The van der Waals surface area contributed by atoms with E-state index in [1.807, 2.05) is 60.7 Å². The van der Waals surface area contributed by atoms with E-state index in [0.29, 0.717) is 6.61 Å². The summed E-state index contributed by atoms with van der Waals surface area (Å²) in [6, 6.07) is 23.7. The van der Waals surface area contributed by atoms with Crippen LogP contribution >= 0.6 is 0 Å². The third-order valence-corrected chi connectivity index (χ3v) is 8.08.